The van der Waals surface area contributed by atoms with Crippen LogP contribution in [-0.2, 0) is 0 Å². The van der Waals surface area contributed by atoms with Crippen molar-refractivity contribution in [1.29, 1.82) is 0 Å². The third-order valence-corrected chi connectivity index (χ3v) is 3.26. The maximum Gasteiger partial charge on any atom is 0.138 e. The first-order valence-electron chi connectivity index (χ1n) is 6.33. The van der Waals surface area contributed by atoms with Crippen molar-refractivity contribution in [3.63, 3.8) is 0 Å². The minimum atomic E-state index is -0.778. The minimum Gasteiger partial charge on any atom is -0.388 e. The van der Waals surface area contributed by atoms with Gasteiger partial charge in [-0.1, -0.05) is 0 Å². The fraction of sp³-hybridized carbons (Fsp3) is 0.429. The molecule has 0 aromatic carbocycles. The standard InChI is InChI=1S/C14H20N4O/c1-10(14(3,4)19)17-12-5-6-13(16-9-12)18-8-7-15-11(18)2/h5-10,17,19H,1-4H3. The van der Waals surface area contributed by atoms with E-state index in [0.29, 0.717) is 0 Å². The Bertz CT molecular complexity index is 539. The van der Waals surface area contributed by atoms with Gasteiger partial charge in [-0.05, 0) is 39.8 Å². The zero-order valence-corrected chi connectivity index (χ0v) is 11.8. The summed E-state index contributed by atoms with van der Waals surface area (Å²) in [5.74, 6) is 1.73. The number of nitrogens with zero attached hydrogens (tertiary/aromatic N) is 3. The molecular formula is C14H20N4O. The van der Waals surface area contributed by atoms with Crippen LogP contribution in [0.25, 0.3) is 5.82 Å². The van der Waals surface area contributed by atoms with E-state index in [0.717, 1.165) is 17.3 Å². The Morgan fingerprint density at radius 1 is 1.32 bits per heavy atom. The molecule has 0 radical (unpaired) electrons. The van der Waals surface area contributed by atoms with Gasteiger partial charge < -0.3 is 10.4 Å². The molecule has 2 aromatic rings. The van der Waals surface area contributed by atoms with Crippen molar-refractivity contribution in [2.75, 3.05) is 5.32 Å². The molecule has 0 aliphatic carbocycles. The fourth-order valence-electron chi connectivity index (χ4n) is 1.66. The lowest BCUT2D eigenvalue weighted by Gasteiger charge is -2.27. The van der Waals surface area contributed by atoms with E-state index in [-0.39, 0.29) is 6.04 Å². The number of hydrogen-bond acceptors (Lipinski definition) is 4. The average Bonchev–Trinajstić information content (AvgIpc) is 2.75. The topological polar surface area (TPSA) is 63.0 Å². The van der Waals surface area contributed by atoms with E-state index in [9.17, 15) is 5.11 Å². The van der Waals surface area contributed by atoms with Crippen LogP contribution < -0.4 is 5.32 Å². The summed E-state index contributed by atoms with van der Waals surface area (Å²) in [4.78, 5) is 8.57. The van der Waals surface area contributed by atoms with Crippen LogP contribution in [-0.4, -0.2) is 31.3 Å². The van der Waals surface area contributed by atoms with Gasteiger partial charge in [-0.2, -0.15) is 0 Å². The van der Waals surface area contributed by atoms with Crippen LogP contribution in [0.4, 0.5) is 5.69 Å². The molecule has 1 unspecified atom stereocenters. The predicted octanol–water partition coefficient (Wildman–Crippen LogP) is 2.15. The van der Waals surface area contributed by atoms with Crippen LogP contribution >= 0.6 is 0 Å². The zero-order chi connectivity index (χ0) is 14.0. The third kappa shape index (κ3) is 3.12. The molecule has 2 aromatic heterocycles. The van der Waals surface area contributed by atoms with Gasteiger partial charge in [0, 0.05) is 12.4 Å². The van der Waals surface area contributed by atoms with E-state index in [1.54, 1.807) is 26.2 Å². The summed E-state index contributed by atoms with van der Waals surface area (Å²) in [5, 5.41) is 13.1. The molecule has 2 N–H and O–H groups in total. The molecule has 0 aliphatic heterocycles. The summed E-state index contributed by atoms with van der Waals surface area (Å²) in [7, 11) is 0. The van der Waals surface area contributed by atoms with E-state index < -0.39 is 5.60 Å². The van der Waals surface area contributed by atoms with Crippen LogP contribution in [0.3, 0.4) is 0 Å². The maximum atomic E-state index is 9.89. The predicted molar refractivity (Wildman–Crippen MR) is 75.5 cm³/mol. The molecule has 0 amide bonds. The maximum absolute atomic E-state index is 9.89. The largest absolute Gasteiger partial charge is 0.388 e. The Labute approximate surface area is 113 Å². The van der Waals surface area contributed by atoms with Crippen molar-refractivity contribution in [1.82, 2.24) is 14.5 Å². The van der Waals surface area contributed by atoms with Crippen LogP contribution in [0.5, 0.6) is 0 Å². The second-order valence-electron chi connectivity index (χ2n) is 5.27. The number of hydrogen-bond donors (Lipinski definition) is 2. The first-order valence-corrected chi connectivity index (χ1v) is 6.33. The molecule has 5 heteroatoms. The second kappa shape index (κ2) is 5.01. The molecule has 0 spiro atoms. The second-order valence-corrected chi connectivity index (χ2v) is 5.27. The smallest absolute Gasteiger partial charge is 0.138 e. The number of imidazole rings is 1. The molecule has 2 rings (SSSR count). The molecule has 0 fully saturated rings. The lowest BCUT2D eigenvalue weighted by molar-refractivity contribution is 0.0649. The monoisotopic (exact) mass is 260 g/mol. The SMILES string of the molecule is Cc1nccn1-c1ccc(NC(C)C(C)(C)O)cn1. The molecule has 0 saturated carbocycles. The lowest BCUT2D eigenvalue weighted by atomic mass is 10.0. The summed E-state index contributed by atoms with van der Waals surface area (Å²) in [6.07, 6.45) is 5.39. The molecule has 0 aliphatic rings. The van der Waals surface area contributed by atoms with E-state index >= 15 is 0 Å². The van der Waals surface area contributed by atoms with Crippen molar-refractivity contribution < 1.29 is 5.11 Å². The van der Waals surface area contributed by atoms with E-state index in [2.05, 4.69) is 15.3 Å². The number of aryl methyl sites for hydroxylation is 1. The Morgan fingerprint density at radius 2 is 2.05 bits per heavy atom. The molecular weight excluding hydrogens is 240 g/mol. The zero-order valence-electron chi connectivity index (χ0n) is 11.8. The van der Waals surface area contributed by atoms with Gasteiger partial charge in [0.25, 0.3) is 0 Å². The Balaban J connectivity index is 2.14. The first-order chi connectivity index (χ1) is 8.88. The highest BCUT2D eigenvalue weighted by molar-refractivity contribution is 5.45. The molecule has 2 heterocycles. The van der Waals surface area contributed by atoms with Gasteiger partial charge in [0.2, 0.25) is 0 Å². The highest BCUT2D eigenvalue weighted by atomic mass is 16.3. The normalized spacial score (nSPS) is 13.3. The van der Waals surface area contributed by atoms with Gasteiger partial charge in [0.1, 0.15) is 11.6 Å². The number of aromatic nitrogens is 3. The van der Waals surface area contributed by atoms with Gasteiger partial charge in [-0.25, -0.2) is 9.97 Å². The first kappa shape index (κ1) is 13.5. The quantitative estimate of drug-likeness (QED) is 0.884. The number of pyridine rings is 1. The number of anilines is 1. The summed E-state index contributed by atoms with van der Waals surface area (Å²) >= 11 is 0. The number of rotatable bonds is 4. The summed E-state index contributed by atoms with van der Waals surface area (Å²) in [6.45, 7) is 7.43. The van der Waals surface area contributed by atoms with Crippen molar-refractivity contribution in [3.8, 4) is 5.82 Å². The highest BCUT2D eigenvalue weighted by Crippen LogP contribution is 2.16. The molecule has 102 valence electrons. The van der Waals surface area contributed by atoms with Crippen LogP contribution in [0.1, 0.15) is 26.6 Å². The Hall–Kier alpha value is -1.88. The number of nitrogens with one attached hydrogen (secondary N) is 1. The van der Waals surface area contributed by atoms with Gasteiger partial charge in [-0.3, -0.25) is 4.57 Å². The van der Waals surface area contributed by atoms with Gasteiger partial charge in [0.15, 0.2) is 0 Å². The average molecular weight is 260 g/mol. The lowest BCUT2D eigenvalue weighted by Crippen LogP contribution is -2.39. The van der Waals surface area contributed by atoms with Gasteiger partial charge >= 0.3 is 0 Å². The molecule has 5 nitrogen and oxygen atoms in total. The van der Waals surface area contributed by atoms with Crippen molar-refractivity contribution >= 4 is 5.69 Å². The summed E-state index contributed by atoms with van der Waals surface area (Å²) < 4.78 is 1.92. The van der Waals surface area contributed by atoms with Gasteiger partial charge in [-0.15, -0.1) is 0 Å². The summed E-state index contributed by atoms with van der Waals surface area (Å²) in [6, 6.07) is 3.81. The Kier molecular flexibility index (Phi) is 3.57. The van der Waals surface area contributed by atoms with E-state index in [4.69, 9.17) is 0 Å². The number of aliphatic hydroxyl groups is 1. The third-order valence-electron chi connectivity index (χ3n) is 3.26. The molecule has 1 atom stereocenters. The van der Waals surface area contributed by atoms with Crippen molar-refractivity contribution in [2.24, 2.45) is 0 Å². The van der Waals surface area contributed by atoms with Crippen LogP contribution in [0, 0.1) is 6.92 Å². The minimum absolute atomic E-state index is 0.0601. The molecule has 0 saturated heterocycles. The van der Waals surface area contributed by atoms with E-state index in [1.165, 1.54) is 0 Å². The van der Waals surface area contributed by atoms with Gasteiger partial charge in [0.05, 0.1) is 23.5 Å². The highest BCUT2D eigenvalue weighted by Gasteiger charge is 2.21. The van der Waals surface area contributed by atoms with Crippen molar-refractivity contribution in [2.45, 2.75) is 39.3 Å². The molecule has 0 bridgehead atoms. The van der Waals surface area contributed by atoms with Crippen molar-refractivity contribution in [3.05, 3.63) is 36.5 Å². The van der Waals surface area contributed by atoms with Crippen LogP contribution in [0.15, 0.2) is 30.7 Å². The Morgan fingerprint density at radius 3 is 2.53 bits per heavy atom. The van der Waals surface area contributed by atoms with E-state index in [1.807, 2.05) is 36.7 Å². The van der Waals surface area contributed by atoms with Crippen LogP contribution in [0.2, 0.25) is 0 Å². The molecule has 19 heavy (non-hydrogen) atoms. The summed E-state index contributed by atoms with van der Waals surface area (Å²) in [5.41, 5.74) is 0.107. The fourth-order valence-corrected chi connectivity index (χ4v) is 1.66.